The van der Waals surface area contributed by atoms with Gasteiger partial charge in [-0.3, -0.25) is 4.79 Å². The van der Waals surface area contributed by atoms with Gasteiger partial charge in [0.1, 0.15) is 12.4 Å². The Bertz CT molecular complexity index is 693. The minimum absolute atomic E-state index is 0.123. The second-order valence-electron chi connectivity index (χ2n) is 4.90. The van der Waals surface area contributed by atoms with Crippen molar-refractivity contribution in [1.82, 2.24) is 5.32 Å². The Morgan fingerprint density at radius 2 is 1.75 bits per heavy atom. The molecular weight excluding hydrogens is 306 g/mol. The first-order valence-corrected chi connectivity index (χ1v) is 7.51. The first-order chi connectivity index (χ1) is 11.7. The second kappa shape index (κ2) is 9.15. The summed E-state index contributed by atoms with van der Waals surface area (Å²) < 4.78 is 10.1. The van der Waals surface area contributed by atoms with E-state index in [0.717, 1.165) is 5.56 Å². The molecule has 2 aromatic rings. The number of hydrogen-bond acceptors (Lipinski definition) is 4. The Kier molecular flexibility index (Phi) is 6.58. The normalized spacial score (nSPS) is 10.4. The third-order valence-corrected chi connectivity index (χ3v) is 3.19. The van der Waals surface area contributed by atoms with E-state index < -0.39 is 5.97 Å². The van der Waals surface area contributed by atoms with Crippen molar-refractivity contribution in [3.8, 4) is 5.75 Å². The third-order valence-electron chi connectivity index (χ3n) is 3.19. The molecule has 0 saturated heterocycles. The lowest BCUT2D eigenvalue weighted by atomic mass is 10.2. The molecule has 5 nitrogen and oxygen atoms in total. The molecule has 0 spiro atoms. The van der Waals surface area contributed by atoms with Gasteiger partial charge in [0.25, 0.3) is 5.91 Å². The minimum atomic E-state index is -0.399. The van der Waals surface area contributed by atoms with E-state index in [4.69, 9.17) is 4.74 Å². The van der Waals surface area contributed by atoms with Crippen molar-refractivity contribution in [2.75, 3.05) is 20.3 Å². The van der Waals surface area contributed by atoms with E-state index in [9.17, 15) is 9.59 Å². The van der Waals surface area contributed by atoms with E-state index in [1.807, 2.05) is 30.3 Å². The molecule has 0 unspecified atom stereocenters. The molecule has 0 fully saturated rings. The molecule has 2 aromatic carbocycles. The van der Waals surface area contributed by atoms with Gasteiger partial charge < -0.3 is 14.8 Å². The molecule has 24 heavy (non-hydrogen) atoms. The molecule has 0 aliphatic carbocycles. The first-order valence-electron chi connectivity index (χ1n) is 7.51. The average molecular weight is 325 g/mol. The fourth-order valence-electron chi connectivity index (χ4n) is 1.93. The highest BCUT2D eigenvalue weighted by molar-refractivity contribution is 5.94. The van der Waals surface area contributed by atoms with Gasteiger partial charge >= 0.3 is 5.97 Å². The van der Waals surface area contributed by atoms with Gasteiger partial charge in [-0.1, -0.05) is 30.3 Å². The van der Waals surface area contributed by atoms with Gasteiger partial charge in [-0.05, 0) is 35.9 Å². The van der Waals surface area contributed by atoms with Crippen LogP contribution in [0, 0.1) is 0 Å². The molecule has 0 atom stereocenters. The molecule has 0 saturated carbocycles. The number of ether oxygens (including phenoxy) is 2. The Morgan fingerprint density at radius 3 is 2.42 bits per heavy atom. The molecule has 5 heteroatoms. The summed E-state index contributed by atoms with van der Waals surface area (Å²) in [6.45, 7) is 0.785. The molecule has 124 valence electrons. The summed E-state index contributed by atoms with van der Waals surface area (Å²) >= 11 is 0. The molecule has 0 aliphatic rings. The van der Waals surface area contributed by atoms with Crippen LogP contribution in [0.15, 0.2) is 60.7 Å². The zero-order valence-corrected chi connectivity index (χ0v) is 13.4. The third kappa shape index (κ3) is 5.61. The Morgan fingerprint density at radius 1 is 1.04 bits per heavy atom. The smallest absolute Gasteiger partial charge is 0.330 e. The number of rotatable bonds is 7. The maximum Gasteiger partial charge on any atom is 0.330 e. The van der Waals surface area contributed by atoms with E-state index >= 15 is 0 Å². The van der Waals surface area contributed by atoms with Crippen LogP contribution in [0.1, 0.15) is 15.9 Å². The molecule has 0 bridgehead atoms. The standard InChI is InChI=1S/C19H19NO4/c1-23-18(21)12-9-15-7-10-17(11-8-15)24-14-13-20-19(22)16-5-3-2-4-6-16/h2-12H,13-14H2,1H3,(H,20,22)/b12-9+. The molecule has 2 rings (SSSR count). The lowest BCUT2D eigenvalue weighted by molar-refractivity contribution is -0.134. The van der Waals surface area contributed by atoms with Gasteiger partial charge in [0.15, 0.2) is 0 Å². The van der Waals surface area contributed by atoms with Crippen molar-refractivity contribution < 1.29 is 19.1 Å². The predicted octanol–water partition coefficient (Wildman–Crippen LogP) is 2.68. The topological polar surface area (TPSA) is 64.6 Å². The van der Waals surface area contributed by atoms with E-state index in [0.29, 0.717) is 24.5 Å². The van der Waals surface area contributed by atoms with Crippen molar-refractivity contribution in [2.24, 2.45) is 0 Å². The number of methoxy groups -OCH3 is 1. The van der Waals surface area contributed by atoms with Crippen LogP contribution in [-0.4, -0.2) is 32.1 Å². The molecule has 0 heterocycles. The SMILES string of the molecule is COC(=O)/C=C/c1ccc(OCCNC(=O)c2ccccc2)cc1. The number of carbonyl (C=O) groups excluding carboxylic acids is 2. The predicted molar refractivity (Wildman–Crippen MR) is 91.8 cm³/mol. The summed E-state index contributed by atoms with van der Waals surface area (Å²) in [5.74, 6) is 0.172. The largest absolute Gasteiger partial charge is 0.492 e. The lowest BCUT2D eigenvalue weighted by Crippen LogP contribution is -2.27. The van der Waals surface area contributed by atoms with Crippen molar-refractivity contribution in [3.63, 3.8) is 0 Å². The summed E-state index contributed by atoms with van der Waals surface area (Å²) in [7, 11) is 1.33. The van der Waals surface area contributed by atoms with E-state index in [2.05, 4.69) is 10.1 Å². The van der Waals surface area contributed by atoms with Gasteiger partial charge in [0, 0.05) is 11.6 Å². The lowest BCUT2D eigenvalue weighted by Gasteiger charge is -2.08. The van der Waals surface area contributed by atoms with Crippen LogP contribution in [0.2, 0.25) is 0 Å². The van der Waals surface area contributed by atoms with Crippen LogP contribution < -0.4 is 10.1 Å². The summed E-state index contributed by atoms with van der Waals surface area (Å²) in [6.07, 6.45) is 3.02. The number of nitrogens with one attached hydrogen (secondary N) is 1. The molecule has 0 radical (unpaired) electrons. The van der Waals surface area contributed by atoms with Crippen LogP contribution in [0.3, 0.4) is 0 Å². The Hall–Kier alpha value is -3.08. The van der Waals surface area contributed by atoms with Crippen LogP contribution >= 0.6 is 0 Å². The molecule has 1 amide bonds. The van der Waals surface area contributed by atoms with Crippen LogP contribution in [0.25, 0.3) is 6.08 Å². The fraction of sp³-hybridized carbons (Fsp3) is 0.158. The maximum absolute atomic E-state index is 11.8. The van der Waals surface area contributed by atoms with Crippen molar-refractivity contribution in [2.45, 2.75) is 0 Å². The second-order valence-corrected chi connectivity index (χ2v) is 4.90. The monoisotopic (exact) mass is 325 g/mol. The molecule has 0 aliphatic heterocycles. The zero-order valence-electron chi connectivity index (χ0n) is 13.4. The number of carbonyl (C=O) groups is 2. The maximum atomic E-state index is 11.8. The number of benzene rings is 2. The van der Waals surface area contributed by atoms with Crippen molar-refractivity contribution >= 4 is 18.0 Å². The summed E-state index contributed by atoms with van der Waals surface area (Å²) in [5.41, 5.74) is 1.49. The van der Waals surface area contributed by atoms with Gasteiger partial charge in [0.05, 0.1) is 13.7 Å². The van der Waals surface area contributed by atoms with E-state index in [-0.39, 0.29) is 5.91 Å². The highest BCUT2D eigenvalue weighted by Gasteiger charge is 2.03. The van der Waals surface area contributed by atoms with Gasteiger partial charge in [-0.15, -0.1) is 0 Å². The zero-order chi connectivity index (χ0) is 17.2. The van der Waals surface area contributed by atoms with Gasteiger partial charge in [-0.25, -0.2) is 4.79 Å². The Balaban J connectivity index is 1.74. The first kappa shape index (κ1) is 17.3. The minimum Gasteiger partial charge on any atom is -0.492 e. The summed E-state index contributed by atoms with van der Waals surface area (Å²) in [6, 6.07) is 16.3. The number of hydrogen-bond donors (Lipinski definition) is 1. The molecule has 0 aromatic heterocycles. The quantitative estimate of drug-likeness (QED) is 0.483. The summed E-state index contributed by atoms with van der Waals surface area (Å²) in [5, 5.41) is 2.79. The Labute approximate surface area is 140 Å². The molecular formula is C19H19NO4. The van der Waals surface area contributed by atoms with Crippen molar-refractivity contribution in [3.05, 3.63) is 71.8 Å². The van der Waals surface area contributed by atoms with Crippen LogP contribution in [0.5, 0.6) is 5.75 Å². The number of amides is 1. The van der Waals surface area contributed by atoms with E-state index in [1.165, 1.54) is 13.2 Å². The highest BCUT2D eigenvalue weighted by Crippen LogP contribution is 2.13. The van der Waals surface area contributed by atoms with Gasteiger partial charge in [0.2, 0.25) is 0 Å². The highest BCUT2D eigenvalue weighted by atomic mass is 16.5. The fourth-order valence-corrected chi connectivity index (χ4v) is 1.93. The average Bonchev–Trinajstić information content (AvgIpc) is 2.64. The number of esters is 1. The van der Waals surface area contributed by atoms with Crippen LogP contribution in [-0.2, 0) is 9.53 Å². The van der Waals surface area contributed by atoms with E-state index in [1.54, 1.807) is 30.3 Å². The molecule has 1 N–H and O–H groups in total. The van der Waals surface area contributed by atoms with Crippen LogP contribution in [0.4, 0.5) is 0 Å². The summed E-state index contributed by atoms with van der Waals surface area (Å²) in [4.78, 5) is 22.9. The van der Waals surface area contributed by atoms with Crippen molar-refractivity contribution in [1.29, 1.82) is 0 Å². The van der Waals surface area contributed by atoms with Gasteiger partial charge in [-0.2, -0.15) is 0 Å².